The summed E-state index contributed by atoms with van der Waals surface area (Å²) in [5.41, 5.74) is 5.25. The Morgan fingerprint density at radius 1 is 1.33 bits per heavy atom. The van der Waals surface area contributed by atoms with Crippen LogP contribution in [0.1, 0.15) is 20.3 Å². The van der Waals surface area contributed by atoms with Crippen LogP contribution in [-0.2, 0) is 4.79 Å². The fourth-order valence-electron chi connectivity index (χ4n) is 0.824. The van der Waals surface area contributed by atoms with E-state index < -0.39 is 12.0 Å². The first kappa shape index (κ1) is 13.7. The largest absolute Gasteiger partial charge is 0.480 e. The van der Waals surface area contributed by atoms with Crippen molar-refractivity contribution in [3.8, 4) is 0 Å². The van der Waals surface area contributed by atoms with Crippen LogP contribution in [0.5, 0.6) is 0 Å². The Balaban J connectivity index is 3.51. The van der Waals surface area contributed by atoms with Gasteiger partial charge in [0.15, 0.2) is 0 Å². The molecule has 0 aromatic heterocycles. The molecule has 0 saturated carbocycles. The van der Waals surface area contributed by atoms with Crippen LogP contribution in [0, 0.1) is 5.92 Å². The second kappa shape index (κ2) is 7.05. The lowest BCUT2D eigenvalue weighted by molar-refractivity contribution is -0.138. The summed E-state index contributed by atoms with van der Waals surface area (Å²) in [7, 11) is 0. The molecule has 5 N–H and O–H groups in total. The van der Waals surface area contributed by atoms with Gasteiger partial charge in [0.1, 0.15) is 6.04 Å². The summed E-state index contributed by atoms with van der Waals surface area (Å²) in [6.45, 7) is 4.83. The van der Waals surface area contributed by atoms with E-state index in [4.69, 9.17) is 10.8 Å². The number of aliphatic carboxylic acids is 1. The van der Waals surface area contributed by atoms with E-state index in [9.17, 15) is 9.59 Å². The third-order valence-electron chi connectivity index (χ3n) is 1.73. The molecule has 0 aromatic rings. The second-order valence-electron chi connectivity index (χ2n) is 3.76. The second-order valence-corrected chi connectivity index (χ2v) is 3.76. The number of amides is 2. The molecule has 0 bridgehead atoms. The lowest BCUT2D eigenvalue weighted by Crippen LogP contribution is -2.40. The lowest BCUT2D eigenvalue weighted by atomic mass is 10.2. The predicted molar refractivity (Wildman–Crippen MR) is 56.5 cm³/mol. The summed E-state index contributed by atoms with van der Waals surface area (Å²) in [6, 6.07) is -1.21. The third-order valence-corrected chi connectivity index (χ3v) is 1.73. The number of hydrogen-bond donors (Lipinski definition) is 4. The summed E-state index contributed by atoms with van der Waals surface area (Å²) < 4.78 is 0. The molecule has 15 heavy (non-hydrogen) atoms. The number of nitrogens with one attached hydrogen (secondary N) is 2. The van der Waals surface area contributed by atoms with E-state index in [0.29, 0.717) is 12.5 Å². The van der Waals surface area contributed by atoms with Gasteiger partial charge in [0.25, 0.3) is 0 Å². The van der Waals surface area contributed by atoms with Crippen LogP contribution in [0.2, 0.25) is 0 Å². The van der Waals surface area contributed by atoms with Gasteiger partial charge >= 0.3 is 12.0 Å². The van der Waals surface area contributed by atoms with E-state index >= 15 is 0 Å². The molecule has 6 nitrogen and oxygen atoms in total. The first-order valence-corrected chi connectivity index (χ1v) is 4.93. The van der Waals surface area contributed by atoms with Gasteiger partial charge in [0.2, 0.25) is 0 Å². The molecule has 0 aliphatic carbocycles. The minimum Gasteiger partial charge on any atom is -0.480 e. The zero-order valence-corrected chi connectivity index (χ0v) is 9.12. The molecular weight excluding hydrogens is 198 g/mol. The Morgan fingerprint density at radius 2 is 1.93 bits per heavy atom. The van der Waals surface area contributed by atoms with Crippen molar-refractivity contribution in [1.82, 2.24) is 10.6 Å². The molecule has 1 atom stereocenters. The highest BCUT2D eigenvalue weighted by Gasteiger charge is 2.10. The van der Waals surface area contributed by atoms with E-state index in [1.54, 1.807) is 0 Å². The van der Waals surface area contributed by atoms with Crippen LogP contribution >= 0.6 is 0 Å². The summed E-state index contributed by atoms with van der Waals surface area (Å²) in [6.07, 6.45) is 0.227. The van der Waals surface area contributed by atoms with Gasteiger partial charge in [-0.1, -0.05) is 13.8 Å². The van der Waals surface area contributed by atoms with Crippen molar-refractivity contribution < 1.29 is 14.7 Å². The van der Waals surface area contributed by atoms with Crippen molar-refractivity contribution in [1.29, 1.82) is 0 Å². The van der Waals surface area contributed by atoms with Crippen molar-refractivity contribution >= 4 is 12.0 Å². The number of hydrogen-bond acceptors (Lipinski definition) is 3. The number of nitrogens with two attached hydrogens (primary N) is 1. The Kier molecular flexibility index (Phi) is 6.44. The minimum atomic E-state index is -1.06. The van der Waals surface area contributed by atoms with Crippen molar-refractivity contribution in [3.05, 3.63) is 0 Å². The van der Waals surface area contributed by atoms with Crippen molar-refractivity contribution in [3.63, 3.8) is 0 Å². The average Bonchev–Trinajstić information content (AvgIpc) is 2.14. The molecule has 0 saturated heterocycles. The van der Waals surface area contributed by atoms with Crippen LogP contribution in [0.3, 0.4) is 0 Å². The van der Waals surface area contributed by atoms with Crippen LogP contribution in [-0.4, -0.2) is 36.2 Å². The van der Waals surface area contributed by atoms with Gasteiger partial charge in [-0.05, 0) is 12.3 Å². The fourth-order valence-corrected chi connectivity index (χ4v) is 0.824. The summed E-state index contributed by atoms with van der Waals surface area (Å²) in [5, 5.41) is 13.6. The molecule has 0 fully saturated rings. The Hall–Kier alpha value is -1.30. The summed E-state index contributed by atoms with van der Waals surface area (Å²) in [5.74, 6) is -0.670. The number of carbonyl (C=O) groups is 2. The molecule has 0 heterocycles. The first-order valence-electron chi connectivity index (χ1n) is 4.93. The van der Waals surface area contributed by atoms with Crippen LogP contribution < -0.4 is 16.4 Å². The normalized spacial score (nSPS) is 12.3. The number of carbonyl (C=O) groups excluding carboxylic acids is 1. The fraction of sp³-hybridized carbons (Fsp3) is 0.778. The number of carboxylic acid groups (broad SMARTS) is 1. The molecule has 0 aromatic carbocycles. The standard InChI is InChI=1S/C9H19N3O3/c1-6(2)5-12-9(15)11-4-3-7(10)8(13)14/h6-7H,3-5,10H2,1-2H3,(H,13,14)(H2,11,12,15)/t7-/m0/s1. The molecule has 0 radical (unpaired) electrons. The summed E-state index contributed by atoms with van der Waals surface area (Å²) >= 11 is 0. The van der Waals surface area contributed by atoms with Gasteiger partial charge in [0, 0.05) is 13.1 Å². The molecule has 88 valence electrons. The van der Waals surface area contributed by atoms with E-state index in [1.807, 2.05) is 13.8 Å². The van der Waals surface area contributed by atoms with Crippen molar-refractivity contribution in [2.75, 3.05) is 13.1 Å². The maximum absolute atomic E-state index is 11.1. The maximum atomic E-state index is 11.1. The molecule has 0 rings (SSSR count). The van der Waals surface area contributed by atoms with Gasteiger partial charge < -0.3 is 21.5 Å². The monoisotopic (exact) mass is 217 g/mol. The van der Waals surface area contributed by atoms with Crippen LogP contribution in [0.4, 0.5) is 4.79 Å². The van der Waals surface area contributed by atoms with Gasteiger partial charge in [0.05, 0.1) is 0 Å². The molecule has 0 aliphatic rings. The van der Waals surface area contributed by atoms with E-state index in [1.165, 1.54) is 0 Å². The molecular formula is C9H19N3O3. The average molecular weight is 217 g/mol. The highest BCUT2D eigenvalue weighted by molar-refractivity contribution is 5.74. The Bertz CT molecular complexity index is 219. The zero-order valence-electron chi connectivity index (χ0n) is 9.12. The van der Waals surface area contributed by atoms with Gasteiger partial charge in [-0.25, -0.2) is 4.79 Å². The van der Waals surface area contributed by atoms with Crippen LogP contribution in [0.25, 0.3) is 0 Å². The van der Waals surface area contributed by atoms with E-state index in [-0.39, 0.29) is 19.0 Å². The lowest BCUT2D eigenvalue weighted by Gasteiger charge is -2.10. The topological polar surface area (TPSA) is 104 Å². The Labute approximate surface area is 89.2 Å². The molecule has 2 amide bonds. The van der Waals surface area contributed by atoms with E-state index in [2.05, 4.69) is 10.6 Å². The predicted octanol–water partition coefficient (Wildman–Crippen LogP) is -0.256. The molecule has 6 heteroatoms. The third kappa shape index (κ3) is 7.75. The van der Waals surface area contributed by atoms with Crippen LogP contribution in [0.15, 0.2) is 0 Å². The quantitative estimate of drug-likeness (QED) is 0.492. The number of rotatable bonds is 6. The zero-order chi connectivity index (χ0) is 11.8. The smallest absolute Gasteiger partial charge is 0.320 e. The highest BCUT2D eigenvalue weighted by Crippen LogP contribution is 1.88. The van der Waals surface area contributed by atoms with Gasteiger partial charge in [-0.15, -0.1) is 0 Å². The molecule has 0 unspecified atom stereocenters. The van der Waals surface area contributed by atoms with Crippen molar-refractivity contribution in [2.24, 2.45) is 11.7 Å². The SMILES string of the molecule is CC(C)CNC(=O)NCC[C@H](N)C(=O)O. The summed E-state index contributed by atoms with van der Waals surface area (Å²) in [4.78, 5) is 21.4. The number of carboxylic acids is 1. The van der Waals surface area contributed by atoms with E-state index in [0.717, 1.165) is 0 Å². The molecule has 0 aliphatic heterocycles. The van der Waals surface area contributed by atoms with Gasteiger partial charge in [-0.2, -0.15) is 0 Å². The number of urea groups is 1. The Morgan fingerprint density at radius 3 is 2.40 bits per heavy atom. The minimum absolute atomic E-state index is 0.227. The first-order chi connectivity index (χ1) is 6.93. The molecule has 0 spiro atoms. The maximum Gasteiger partial charge on any atom is 0.320 e. The van der Waals surface area contributed by atoms with Gasteiger partial charge in [-0.3, -0.25) is 4.79 Å². The van der Waals surface area contributed by atoms with Crippen molar-refractivity contribution in [2.45, 2.75) is 26.3 Å². The highest BCUT2D eigenvalue weighted by atomic mass is 16.4.